The molecule has 2 amide bonds. The standard InChI is InChI=1S/C20H19N3O6S/c1-13-16(10-11-29-13)20(25)22-21-19(24)14-6-5-7-15(12-14)30(26,27)23-17-8-3-4-9-18(17)28-2/h3-12,23H,1-2H3,(H,21,24)(H,22,25). The molecule has 1 heterocycles. The molecular weight excluding hydrogens is 410 g/mol. The van der Waals surface area contributed by atoms with Gasteiger partial charge in [-0.1, -0.05) is 18.2 Å². The van der Waals surface area contributed by atoms with Crippen molar-refractivity contribution in [1.29, 1.82) is 0 Å². The Balaban J connectivity index is 1.74. The maximum atomic E-state index is 12.7. The lowest BCUT2D eigenvalue weighted by Crippen LogP contribution is -2.41. The van der Waals surface area contributed by atoms with Crippen LogP contribution in [0.2, 0.25) is 0 Å². The number of hydrazine groups is 1. The summed E-state index contributed by atoms with van der Waals surface area (Å²) in [5.41, 5.74) is 5.08. The first-order valence-corrected chi connectivity index (χ1v) is 10.2. The zero-order valence-electron chi connectivity index (χ0n) is 16.1. The molecule has 30 heavy (non-hydrogen) atoms. The third-order valence-electron chi connectivity index (χ3n) is 4.15. The number of aryl methyl sites for hydroxylation is 1. The molecule has 1 aromatic heterocycles. The van der Waals surface area contributed by atoms with E-state index in [0.29, 0.717) is 11.5 Å². The Morgan fingerprint density at radius 2 is 1.70 bits per heavy atom. The number of carbonyl (C=O) groups excluding carboxylic acids is 2. The number of methoxy groups -OCH3 is 1. The minimum atomic E-state index is -3.98. The fourth-order valence-corrected chi connectivity index (χ4v) is 3.73. The van der Waals surface area contributed by atoms with Gasteiger partial charge < -0.3 is 9.15 Å². The van der Waals surface area contributed by atoms with Gasteiger partial charge in [0.1, 0.15) is 11.5 Å². The van der Waals surface area contributed by atoms with Gasteiger partial charge in [0.25, 0.3) is 21.8 Å². The first-order valence-electron chi connectivity index (χ1n) is 8.72. The quantitative estimate of drug-likeness (QED) is 0.517. The number of amides is 2. The second kappa shape index (κ2) is 8.70. The molecule has 0 saturated heterocycles. The number of hydrogen-bond acceptors (Lipinski definition) is 6. The SMILES string of the molecule is COc1ccccc1NS(=O)(=O)c1cccc(C(=O)NNC(=O)c2ccoc2C)c1. The second-order valence-corrected chi connectivity index (χ2v) is 7.81. The van der Waals surface area contributed by atoms with Crippen molar-refractivity contribution in [3.05, 3.63) is 77.7 Å². The summed E-state index contributed by atoms with van der Waals surface area (Å²) in [4.78, 5) is 24.3. The van der Waals surface area contributed by atoms with Crippen molar-refractivity contribution in [2.75, 3.05) is 11.8 Å². The monoisotopic (exact) mass is 429 g/mol. The van der Waals surface area contributed by atoms with Gasteiger partial charge in [-0.3, -0.25) is 25.2 Å². The van der Waals surface area contributed by atoms with Crippen molar-refractivity contribution in [3.63, 3.8) is 0 Å². The molecule has 0 spiro atoms. The maximum absolute atomic E-state index is 12.7. The number of para-hydroxylation sites is 2. The zero-order chi connectivity index (χ0) is 21.7. The highest BCUT2D eigenvalue weighted by atomic mass is 32.2. The van der Waals surface area contributed by atoms with Crippen LogP contribution in [0.5, 0.6) is 5.75 Å². The third kappa shape index (κ3) is 4.61. The number of anilines is 1. The van der Waals surface area contributed by atoms with E-state index in [2.05, 4.69) is 15.6 Å². The van der Waals surface area contributed by atoms with Crippen LogP contribution in [0.3, 0.4) is 0 Å². The van der Waals surface area contributed by atoms with Crippen molar-refractivity contribution < 1.29 is 27.2 Å². The topological polar surface area (TPSA) is 127 Å². The second-order valence-electron chi connectivity index (χ2n) is 6.13. The first kappa shape index (κ1) is 20.9. The molecule has 0 aliphatic heterocycles. The molecule has 0 bridgehead atoms. The molecule has 0 aliphatic rings. The normalized spacial score (nSPS) is 10.9. The van der Waals surface area contributed by atoms with Gasteiger partial charge in [0.2, 0.25) is 0 Å². The van der Waals surface area contributed by atoms with Crippen molar-refractivity contribution in [2.24, 2.45) is 0 Å². The van der Waals surface area contributed by atoms with Crippen LogP contribution in [0.4, 0.5) is 5.69 Å². The molecule has 0 fully saturated rings. The van der Waals surface area contributed by atoms with E-state index >= 15 is 0 Å². The molecule has 0 unspecified atom stereocenters. The minimum Gasteiger partial charge on any atom is -0.495 e. The number of ether oxygens (including phenoxy) is 1. The molecule has 156 valence electrons. The molecule has 10 heteroatoms. The van der Waals surface area contributed by atoms with E-state index in [-0.39, 0.29) is 21.7 Å². The number of hydrogen-bond donors (Lipinski definition) is 3. The Hall–Kier alpha value is -3.79. The number of carbonyl (C=O) groups is 2. The summed E-state index contributed by atoms with van der Waals surface area (Å²) >= 11 is 0. The van der Waals surface area contributed by atoms with E-state index in [0.717, 1.165) is 0 Å². The summed E-state index contributed by atoms with van der Waals surface area (Å²) in [6.07, 6.45) is 1.36. The van der Waals surface area contributed by atoms with Crippen LogP contribution in [-0.4, -0.2) is 27.3 Å². The van der Waals surface area contributed by atoms with Gasteiger partial charge in [0.15, 0.2) is 0 Å². The average Bonchev–Trinajstić information content (AvgIpc) is 3.18. The van der Waals surface area contributed by atoms with Crippen LogP contribution in [0, 0.1) is 6.92 Å². The lowest BCUT2D eigenvalue weighted by Gasteiger charge is -2.12. The van der Waals surface area contributed by atoms with E-state index in [9.17, 15) is 18.0 Å². The fraction of sp³-hybridized carbons (Fsp3) is 0.100. The van der Waals surface area contributed by atoms with E-state index in [1.54, 1.807) is 31.2 Å². The van der Waals surface area contributed by atoms with E-state index in [4.69, 9.17) is 9.15 Å². The Labute approximate surface area is 173 Å². The number of nitrogens with one attached hydrogen (secondary N) is 3. The molecule has 3 rings (SSSR count). The van der Waals surface area contributed by atoms with E-state index < -0.39 is 21.8 Å². The summed E-state index contributed by atoms with van der Waals surface area (Å²) < 4.78 is 38.1. The van der Waals surface area contributed by atoms with Crippen molar-refractivity contribution in [3.8, 4) is 5.75 Å². The number of furan rings is 1. The van der Waals surface area contributed by atoms with Gasteiger partial charge in [0.05, 0.1) is 29.5 Å². The Morgan fingerprint density at radius 3 is 2.40 bits per heavy atom. The van der Waals surface area contributed by atoms with Crippen LogP contribution < -0.4 is 20.3 Å². The van der Waals surface area contributed by atoms with Gasteiger partial charge in [-0.25, -0.2) is 8.42 Å². The highest BCUT2D eigenvalue weighted by Gasteiger charge is 2.19. The molecule has 3 aromatic rings. The molecule has 9 nitrogen and oxygen atoms in total. The maximum Gasteiger partial charge on any atom is 0.273 e. The smallest absolute Gasteiger partial charge is 0.273 e. The number of benzene rings is 2. The summed E-state index contributed by atoms with van der Waals surface area (Å²) in [6.45, 7) is 1.61. The fourth-order valence-electron chi connectivity index (χ4n) is 2.61. The van der Waals surface area contributed by atoms with Crippen molar-refractivity contribution in [1.82, 2.24) is 10.9 Å². The first-order chi connectivity index (χ1) is 14.3. The van der Waals surface area contributed by atoms with Crippen LogP contribution in [0.1, 0.15) is 26.5 Å². The molecule has 0 saturated carbocycles. The van der Waals surface area contributed by atoms with E-state index in [1.807, 2.05) is 0 Å². The van der Waals surface area contributed by atoms with Crippen LogP contribution >= 0.6 is 0 Å². The molecular formula is C20H19N3O6S. The van der Waals surface area contributed by atoms with Gasteiger partial charge in [-0.05, 0) is 43.3 Å². The minimum absolute atomic E-state index is 0.0436. The summed E-state index contributed by atoms with van der Waals surface area (Å²) in [5, 5.41) is 0. The summed E-state index contributed by atoms with van der Waals surface area (Å²) in [5.74, 6) is -0.487. The molecule has 3 N–H and O–H groups in total. The molecule has 0 radical (unpaired) electrons. The van der Waals surface area contributed by atoms with Crippen LogP contribution in [0.25, 0.3) is 0 Å². The molecule has 0 aliphatic carbocycles. The Kier molecular flexibility index (Phi) is 6.07. The highest BCUT2D eigenvalue weighted by Crippen LogP contribution is 2.26. The highest BCUT2D eigenvalue weighted by molar-refractivity contribution is 7.92. The lowest BCUT2D eigenvalue weighted by atomic mass is 10.2. The number of rotatable bonds is 6. The molecule has 2 aromatic carbocycles. The van der Waals surface area contributed by atoms with Gasteiger partial charge in [-0.2, -0.15) is 0 Å². The Bertz CT molecular complexity index is 1190. The third-order valence-corrected chi connectivity index (χ3v) is 5.51. The zero-order valence-corrected chi connectivity index (χ0v) is 16.9. The lowest BCUT2D eigenvalue weighted by molar-refractivity contribution is 0.0845. The van der Waals surface area contributed by atoms with E-state index in [1.165, 1.54) is 43.7 Å². The average molecular weight is 429 g/mol. The van der Waals surface area contributed by atoms with Crippen molar-refractivity contribution >= 4 is 27.5 Å². The van der Waals surface area contributed by atoms with Crippen molar-refractivity contribution in [2.45, 2.75) is 11.8 Å². The number of sulfonamides is 1. The van der Waals surface area contributed by atoms with Crippen LogP contribution in [0.15, 0.2) is 70.2 Å². The van der Waals surface area contributed by atoms with Gasteiger partial charge in [-0.15, -0.1) is 0 Å². The Morgan fingerprint density at radius 1 is 0.967 bits per heavy atom. The summed E-state index contributed by atoms with van der Waals surface area (Å²) in [7, 11) is -2.56. The predicted octanol–water partition coefficient (Wildman–Crippen LogP) is 2.47. The van der Waals surface area contributed by atoms with Crippen LogP contribution in [-0.2, 0) is 10.0 Å². The van der Waals surface area contributed by atoms with Gasteiger partial charge >= 0.3 is 0 Å². The largest absolute Gasteiger partial charge is 0.495 e. The predicted molar refractivity (Wildman–Crippen MR) is 109 cm³/mol. The summed E-state index contributed by atoms with van der Waals surface area (Å²) in [6, 6.07) is 13.4. The van der Waals surface area contributed by atoms with Gasteiger partial charge in [0, 0.05) is 5.56 Å². The molecule has 0 atom stereocenters.